The van der Waals surface area contributed by atoms with E-state index in [1.165, 1.54) is 10.6 Å². The lowest BCUT2D eigenvalue weighted by Gasteiger charge is -1.86. The first-order valence-corrected chi connectivity index (χ1v) is 3.66. The van der Waals surface area contributed by atoms with E-state index in [-0.39, 0.29) is 12.4 Å². The Morgan fingerprint density at radius 1 is 1.40 bits per heavy atom. The molecule has 0 spiro atoms. The van der Waals surface area contributed by atoms with E-state index in [2.05, 4.69) is 13.8 Å². The highest BCUT2D eigenvalue weighted by Crippen LogP contribution is 2.14. The minimum Gasteiger partial charge on any atom is -1.00 e. The molecule has 0 unspecified atom stereocenters. The number of hydrogen-bond donors (Lipinski definition) is 1. The van der Waals surface area contributed by atoms with E-state index in [9.17, 15) is 0 Å². The lowest BCUT2D eigenvalue weighted by molar-refractivity contribution is -0.659. The maximum Gasteiger partial charge on any atom is 0.331 e. The Balaban J connectivity index is 0.000000810. The van der Waals surface area contributed by atoms with E-state index in [0.717, 1.165) is 5.13 Å². The zero-order chi connectivity index (χ0) is 7.02. The minimum absolute atomic E-state index is 0. The molecule has 58 valence electrons. The molecule has 10 heavy (non-hydrogen) atoms. The maximum absolute atomic E-state index is 5.62. The summed E-state index contributed by atoms with van der Waals surface area (Å²) in [7, 11) is 1.98. The van der Waals surface area contributed by atoms with Crippen LogP contribution < -0.4 is 22.7 Å². The second-order valence-corrected chi connectivity index (χ2v) is 3.38. The average Bonchev–Trinajstić information content (AvgIpc) is 1.98. The van der Waals surface area contributed by atoms with Crippen LogP contribution in [-0.4, -0.2) is 0 Å². The second-order valence-electron chi connectivity index (χ2n) is 2.14. The zero-order valence-corrected chi connectivity index (χ0v) is 7.88. The number of rotatable bonds is 0. The van der Waals surface area contributed by atoms with Crippen molar-refractivity contribution < 1.29 is 17.0 Å². The molecule has 1 rings (SSSR count). The smallest absolute Gasteiger partial charge is 0.331 e. The van der Waals surface area contributed by atoms with Gasteiger partial charge in [-0.15, -0.1) is 0 Å². The maximum atomic E-state index is 5.62. The molecule has 0 bridgehead atoms. The highest BCUT2D eigenvalue weighted by Gasteiger charge is 2.09. The number of nitrogen functional groups attached to an aromatic ring is 1. The lowest BCUT2D eigenvalue weighted by atomic mass is 10.4. The van der Waals surface area contributed by atoms with Crippen LogP contribution in [0.5, 0.6) is 0 Å². The molecule has 2 N–H and O–H groups in total. The molecule has 1 heterocycles. The number of anilines is 1. The molecule has 2 nitrogen and oxygen atoms in total. The number of hydrogen-bond acceptors (Lipinski definition) is 2. The first-order chi connectivity index (χ1) is 4.13. The fourth-order valence-electron chi connectivity index (χ4n) is 0.701. The van der Waals surface area contributed by atoms with Crippen LogP contribution in [0.4, 0.5) is 5.13 Å². The van der Waals surface area contributed by atoms with E-state index >= 15 is 0 Å². The Bertz CT molecular complexity index is 209. The summed E-state index contributed by atoms with van der Waals surface area (Å²) < 4.78 is 2.00. The third-order valence-corrected chi connectivity index (χ3v) is 2.69. The van der Waals surface area contributed by atoms with Gasteiger partial charge in [0, 0.05) is 0 Å². The number of halogens is 1. The van der Waals surface area contributed by atoms with Gasteiger partial charge in [0.2, 0.25) is 0 Å². The van der Waals surface area contributed by atoms with Crippen LogP contribution in [0.15, 0.2) is 0 Å². The van der Waals surface area contributed by atoms with E-state index in [1.807, 2.05) is 11.6 Å². The van der Waals surface area contributed by atoms with Gasteiger partial charge in [-0.2, -0.15) is 0 Å². The Morgan fingerprint density at radius 3 is 2.00 bits per heavy atom. The molecule has 0 aliphatic rings. The molecular formula is C6H11ClN2S. The Labute approximate surface area is 71.1 Å². The Kier molecular flexibility index (Phi) is 3.12. The fourth-order valence-corrected chi connectivity index (χ4v) is 1.57. The largest absolute Gasteiger partial charge is 1.00 e. The Hall–Kier alpha value is -0.280. The number of nitrogens with zero attached hydrogens (tertiary/aromatic N) is 1. The number of nitrogens with two attached hydrogens (primary N) is 1. The van der Waals surface area contributed by atoms with Crippen LogP contribution in [0, 0.1) is 13.8 Å². The van der Waals surface area contributed by atoms with Crippen molar-refractivity contribution in [2.75, 3.05) is 5.73 Å². The summed E-state index contributed by atoms with van der Waals surface area (Å²) in [5.41, 5.74) is 6.88. The average molecular weight is 179 g/mol. The van der Waals surface area contributed by atoms with Crippen molar-refractivity contribution in [3.63, 3.8) is 0 Å². The van der Waals surface area contributed by atoms with Crippen LogP contribution >= 0.6 is 11.3 Å². The highest BCUT2D eigenvalue weighted by atomic mass is 35.5. The molecular weight excluding hydrogens is 168 g/mol. The topological polar surface area (TPSA) is 29.9 Å². The zero-order valence-electron chi connectivity index (χ0n) is 6.31. The van der Waals surface area contributed by atoms with Crippen molar-refractivity contribution in [2.45, 2.75) is 13.8 Å². The fraction of sp³-hybridized carbons (Fsp3) is 0.500. The highest BCUT2D eigenvalue weighted by molar-refractivity contribution is 7.15. The third kappa shape index (κ3) is 1.41. The molecule has 0 fully saturated rings. The van der Waals surface area contributed by atoms with Gasteiger partial charge in [0.1, 0.15) is 5.69 Å². The molecule has 0 saturated carbocycles. The van der Waals surface area contributed by atoms with Crippen LogP contribution in [0.2, 0.25) is 0 Å². The van der Waals surface area contributed by atoms with Gasteiger partial charge < -0.3 is 12.4 Å². The first-order valence-electron chi connectivity index (χ1n) is 2.84. The molecule has 4 heteroatoms. The summed E-state index contributed by atoms with van der Waals surface area (Å²) in [4.78, 5) is 1.30. The molecule has 0 aliphatic heterocycles. The van der Waals surface area contributed by atoms with Crippen molar-refractivity contribution in [1.29, 1.82) is 0 Å². The van der Waals surface area contributed by atoms with Gasteiger partial charge in [-0.05, 0) is 13.8 Å². The van der Waals surface area contributed by atoms with Gasteiger partial charge in [0.05, 0.1) is 11.9 Å². The molecule has 0 saturated heterocycles. The summed E-state index contributed by atoms with van der Waals surface area (Å²) in [5.74, 6) is 0. The van der Waals surface area contributed by atoms with Crippen molar-refractivity contribution >= 4 is 16.5 Å². The predicted octanol–water partition coefficient (Wildman–Crippen LogP) is -2.22. The summed E-state index contributed by atoms with van der Waals surface area (Å²) in [6, 6.07) is 0. The van der Waals surface area contributed by atoms with Gasteiger partial charge in [-0.25, -0.2) is 4.57 Å². The van der Waals surface area contributed by atoms with Crippen molar-refractivity contribution in [3.8, 4) is 0 Å². The van der Waals surface area contributed by atoms with E-state index in [4.69, 9.17) is 5.73 Å². The number of aromatic nitrogens is 1. The van der Waals surface area contributed by atoms with Crippen LogP contribution in [-0.2, 0) is 7.05 Å². The van der Waals surface area contributed by atoms with E-state index < -0.39 is 0 Å². The van der Waals surface area contributed by atoms with Crippen molar-refractivity contribution in [2.24, 2.45) is 7.05 Å². The monoisotopic (exact) mass is 178 g/mol. The van der Waals surface area contributed by atoms with Crippen LogP contribution in [0.1, 0.15) is 10.6 Å². The normalized spacial score (nSPS) is 9.10. The summed E-state index contributed by atoms with van der Waals surface area (Å²) >= 11 is 1.64. The van der Waals surface area contributed by atoms with Crippen LogP contribution in [0.25, 0.3) is 0 Å². The van der Waals surface area contributed by atoms with Gasteiger partial charge in [-0.1, -0.05) is 11.3 Å². The van der Waals surface area contributed by atoms with Crippen LogP contribution in [0.3, 0.4) is 0 Å². The molecule has 0 aliphatic carbocycles. The molecule has 1 aromatic heterocycles. The van der Waals surface area contributed by atoms with Gasteiger partial charge >= 0.3 is 5.13 Å². The molecule has 1 aromatic rings. The minimum atomic E-state index is 0. The molecule has 0 radical (unpaired) electrons. The van der Waals surface area contributed by atoms with Gasteiger partial charge in [-0.3, -0.25) is 5.73 Å². The third-order valence-electron chi connectivity index (χ3n) is 1.60. The van der Waals surface area contributed by atoms with E-state index in [1.54, 1.807) is 11.3 Å². The van der Waals surface area contributed by atoms with E-state index in [0.29, 0.717) is 0 Å². The lowest BCUT2D eigenvalue weighted by Crippen LogP contribution is -3.00. The Morgan fingerprint density at radius 2 is 1.90 bits per heavy atom. The summed E-state index contributed by atoms with van der Waals surface area (Å²) in [5, 5.41) is 0.880. The van der Waals surface area contributed by atoms with Gasteiger partial charge in [0.15, 0.2) is 0 Å². The number of thiazole rings is 1. The quantitative estimate of drug-likeness (QED) is 0.448. The first kappa shape index (κ1) is 9.72. The molecule has 0 aromatic carbocycles. The summed E-state index contributed by atoms with van der Waals surface area (Å²) in [6.07, 6.45) is 0. The van der Waals surface area contributed by atoms with Crippen molar-refractivity contribution in [1.82, 2.24) is 0 Å². The van der Waals surface area contributed by atoms with Gasteiger partial charge in [0.25, 0.3) is 0 Å². The van der Waals surface area contributed by atoms with Crippen molar-refractivity contribution in [3.05, 3.63) is 10.6 Å². The second kappa shape index (κ2) is 3.21. The summed E-state index contributed by atoms with van der Waals surface area (Å²) in [6.45, 7) is 4.15. The molecule has 0 amide bonds. The SMILES string of the molecule is Cc1sc(N)[n+](C)c1C.[Cl-]. The predicted molar refractivity (Wildman–Crippen MR) is 39.4 cm³/mol. The standard InChI is InChI=1S/C6H10N2S.ClH/c1-4-5(2)9-6(7)8(4)3;/h7H,1-3H3;1H. The number of aryl methyl sites for hydroxylation is 1. The molecule has 0 atom stereocenters.